The lowest BCUT2D eigenvalue weighted by Gasteiger charge is -2.43. The van der Waals surface area contributed by atoms with E-state index in [1.54, 1.807) is 11.4 Å². The Morgan fingerprint density at radius 3 is 2.68 bits per heavy atom. The van der Waals surface area contributed by atoms with Crippen LogP contribution in [0.2, 0.25) is 0 Å². The SMILES string of the molecule is COC[C@@]12CCN(CCCc3ccccc3)C[C@@H]1CN(S(C)(=O)=O)C2. The third-order valence-corrected chi connectivity index (χ3v) is 7.09. The second-order valence-corrected chi connectivity index (χ2v) is 9.67. The zero-order valence-electron chi connectivity index (χ0n) is 15.4. The van der Waals surface area contributed by atoms with Gasteiger partial charge in [-0.15, -0.1) is 0 Å². The predicted molar refractivity (Wildman–Crippen MR) is 100 cm³/mol. The summed E-state index contributed by atoms with van der Waals surface area (Å²) in [5, 5.41) is 0. The lowest BCUT2D eigenvalue weighted by molar-refractivity contribution is 0.00103. The first kappa shape index (κ1) is 18.8. The van der Waals surface area contributed by atoms with Crippen LogP contribution in [0.1, 0.15) is 18.4 Å². The summed E-state index contributed by atoms with van der Waals surface area (Å²) in [6.07, 6.45) is 4.58. The third kappa shape index (κ3) is 4.42. The van der Waals surface area contributed by atoms with Crippen molar-refractivity contribution in [3.63, 3.8) is 0 Å². The molecule has 0 radical (unpaired) electrons. The van der Waals surface area contributed by atoms with Crippen LogP contribution in [0.25, 0.3) is 0 Å². The molecular formula is C19H30N2O3S. The molecule has 0 N–H and O–H groups in total. The highest BCUT2D eigenvalue weighted by molar-refractivity contribution is 7.88. The van der Waals surface area contributed by atoms with Crippen LogP contribution in [-0.2, 0) is 21.2 Å². The van der Waals surface area contributed by atoms with Gasteiger partial charge in [0, 0.05) is 32.2 Å². The Morgan fingerprint density at radius 1 is 1.24 bits per heavy atom. The quantitative estimate of drug-likeness (QED) is 0.739. The van der Waals surface area contributed by atoms with E-state index in [1.165, 1.54) is 11.8 Å². The van der Waals surface area contributed by atoms with Crippen LogP contribution >= 0.6 is 0 Å². The van der Waals surface area contributed by atoms with Crippen LogP contribution < -0.4 is 0 Å². The zero-order chi connectivity index (χ0) is 17.9. The Bertz CT molecular complexity index is 665. The summed E-state index contributed by atoms with van der Waals surface area (Å²) in [5.41, 5.74) is 1.38. The summed E-state index contributed by atoms with van der Waals surface area (Å²) < 4.78 is 31.1. The lowest BCUT2D eigenvalue weighted by atomic mass is 9.73. The molecule has 2 aliphatic heterocycles. The van der Waals surface area contributed by atoms with Crippen molar-refractivity contribution < 1.29 is 13.2 Å². The summed E-state index contributed by atoms with van der Waals surface area (Å²) >= 11 is 0. The molecule has 1 aromatic rings. The topological polar surface area (TPSA) is 49.9 Å². The molecule has 0 aliphatic carbocycles. The number of fused-ring (bicyclic) bond motifs is 1. The van der Waals surface area contributed by atoms with Gasteiger partial charge in [-0.2, -0.15) is 0 Å². The molecule has 2 heterocycles. The second kappa shape index (κ2) is 7.74. The first-order chi connectivity index (χ1) is 11.9. The number of methoxy groups -OCH3 is 1. The van der Waals surface area contributed by atoms with Crippen molar-refractivity contribution in [1.82, 2.24) is 9.21 Å². The van der Waals surface area contributed by atoms with Crippen molar-refractivity contribution in [3.05, 3.63) is 35.9 Å². The van der Waals surface area contributed by atoms with E-state index in [1.807, 2.05) is 0 Å². The van der Waals surface area contributed by atoms with Crippen molar-refractivity contribution in [3.8, 4) is 0 Å². The van der Waals surface area contributed by atoms with E-state index in [0.29, 0.717) is 25.6 Å². The Hall–Kier alpha value is -0.950. The molecule has 25 heavy (non-hydrogen) atoms. The van der Waals surface area contributed by atoms with Crippen LogP contribution in [0.4, 0.5) is 0 Å². The number of hydrogen-bond acceptors (Lipinski definition) is 4. The van der Waals surface area contributed by atoms with Crippen LogP contribution in [0.3, 0.4) is 0 Å². The molecule has 2 fully saturated rings. The summed E-state index contributed by atoms with van der Waals surface area (Å²) in [7, 11) is -1.41. The van der Waals surface area contributed by atoms with Crippen LogP contribution in [0.15, 0.2) is 30.3 Å². The van der Waals surface area contributed by atoms with Crippen molar-refractivity contribution >= 4 is 10.0 Å². The summed E-state index contributed by atoms with van der Waals surface area (Å²) in [5.74, 6) is 0.368. The number of benzene rings is 1. The third-order valence-electron chi connectivity index (χ3n) is 5.87. The average molecular weight is 367 g/mol. The molecule has 2 aliphatic rings. The number of ether oxygens (including phenoxy) is 1. The number of sulfonamides is 1. The molecule has 1 aromatic carbocycles. The number of piperidine rings is 1. The molecule has 2 saturated heterocycles. The van der Waals surface area contributed by atoms with E-state index in [0.717, 1.165) is 38.9 Å². The van der Waals surface area contributed by atoms with E-state index < -0.39 is 10.0 Å². The molecule has 140 valence electrons. The van der Waals surface area contributed by atoms with Gasteiger partial charge in [-0.05, 0) is 43.8 Å². The Balaban J connectivity index is 1.57. The zero-order valence-corrected chi connectivity index (χ0v) is 16.2. The fourth-order valence-corrected chi connectivity index (χ4v) is 5.38. The Labute approximate surface area is 152 Å². The van der Waals surface area contributed by atoms with Crippen LogP contribution in [0.5, 0.6) is 0 Å². The van der Waals surface area contributed by atoms with E-state index in [9.17, 15) is 8.42 Å². The monoisotopic (exact) mass is 366 g/mol. The molecule has 0 spiro atoms. The molecule has 3 rings (SSSR count). The van der Waals surface area contributed by atoms with Crippen molar-refractivity contribution in [2.24, 2.45) is 11.3 Å². The van der Waals surface area contributed by atoms with E-state index in [4.69, 9.17) is 4.74 Å². The van der Waals surface area contributed by atoms with Crippen molar-refractivity contribution in [2.75, 3.05) is 52.7 Å². The molecule has 5 nitrogen and oxygen atoms in total. The van der Waals surface area contributed by atoms with Crippen molar-refractivity contribution in [2.45, 2.75) is 19.3 Å². The van der Waals surface area contributed by atoms with Gasteiger partial charge in [-0.3, -0.25) is 0 Å². The molecule has 6 heteroatoms. The molecule has 0 saturated carbocycles. The van der Waals surface area contributed by atoms with Gasteiger partial charge in [0.25, 0.3) is 0 Å². The summed E-state index contributed by atoms with van der Waals surface area (Å²) in [4.78, 5) is 2.51. The van der Waals surface area contributed by atoms with E-state index in [-0.39, 0.29) is 5.41 Å². The van der Waals surface area contributed by atoms with Gasteiger partial charge in [0.05, 0.1) is 12.9 Å². The first-order valence-electron chi connectivity index (χ1n) is 9.13. The number of aryl methyl sites for hydroxylation is 1. The normalized spacial score (nSPS) is 28.2. The van der Waals surface area contributed by atoms with Gasteiger partial charge in [-0.25, -0.2) is 12.7 Å². The standard InChI is InChI=1S/C19H30N2O3S/c1-24-16-19-10-12-20(11-6-9-17-7-4-3-5-8-17)13-18(19)14-21(15-19)25(2,22)23/h3-5,7-8,18H,6,9-16H2,1-2H3/t18-,19+/m1/s1. The molecule has 0 aromatic heterocycles. The van der Waals surface area contributed by atoms with Crippen LogP contribution in [-0.4, -0.2) is 70.3 Å². The highest BCUT2D eigenvalue weighted by Crippen LogP contribution is 2.43. The fourth-order valence-electron chi connectivity index (χ4n) is 4.43. The van der Waals surface area contributed by atoms with Gasteiger partial charge in [0.15, 0.2) is 0 Å². The highest BCUT2D eigenvalue weighted by atomic mass is 32.2. The number of hydrogen-bond donors (Lipinski definition) is 0. The maximum absolute atomic E-state index is 12.0. The van der Waals surface area contributed by atoms with Gasteiger partial charge >= 0.3 is 0 Å². The highest BCUT2D eigenvalue weighted by Gasteiger charge is 2.51. The minimum absolute atomic E-state index is 0.00619. The Morgan fingerprint density at radius 2 is 2.00 bits per heavy atom. The fraction of sp³-hybridized carbons (Fsp3) is 0.684. The maximum Gasteiger partial charge on any atom is 0.211 e. The molecule has 0 bridgehead atoms. The maximum atomic E-state index is 12.0. The predicted octanol–water partition coefficient (Wildman–Crippen LogP) is 1.85. The van der Waals surface area contributed by atoms with Gasteiger partial charge in [-0.1, -0.05) is 30.3 Å². The first-order valence-corrected chi connectivity index (χ1v) is 11.0. The average Bonchev–Trinajstić information content (AvgIpc) is 2.95. The van der Waals surface area contributed by atoms with E-state index >= 15 is 0 Å². The number of likely N-dealkylation sites (tertiary alicyclic amines) is 1. The molecule has 2 atom stereocenters. The van der Waals surface area contributed by atoms with Crippen LogP contribution in [0, 0.1) is 11.3 Å². The summed E-state index contributed by atoms with van der Waals surface area (Å²) in [6.45, 7) is 4.99. The van der Waals surface area contributed by atoms with Gasteiger partial charge in [0.2, 0.25) is 10.0 Å². The minimum atomic E-state index is -3.13. The summed E-state index contributed by atoms with van der Waals surface area (Å²) in [6, 6.07) is 10.6. The second-order valence-electron chi connectivity index (χ2n) is 7.69. The molecular weight excluding hydrogens is 336 g/mol. The number of rotatable bonds is 7. The largest absolute Gasteiger partial charge is 0.384 e. The van der Waals surface area contributed by atoms with Gasteiger partial charge in [0.1, 0.15) is 0 Å². The van der Waals surface area contributed by atoms with Gasteiger partial charge < -0.3 is 9.64 Å². The Kier molecular flexibility index (Phi) is 5.83. The minimum Gasteiger partial charge on any atom is -0.384 e. The smallest absolute Gasteiger partial charge is 0.211 e. The number of nitrogens with zero attached hydrogens (tertiary/aromatic N) is 2. The van der Waals surface area contributed by atoms with Crippen molar-refractivity contribution in [1.29, 1.82) is 0 Å². The lowest BCUT2D eigenvalue weighted by Crippen LogP contribution is -2.49. The molecule has 0 unspecified atom stereocenters. The van der Waals surface area contributed by atoms with E-state index in [2.05, 4.69) is 35.2 Å². The molecule has 0 amide bonds.